The first-order chi connectivity index (χ1) is 13.9. The van der Waals surface area contributed by atoms with Gasteiger partial charge in [-0.15, -0.1) is 11.8 Å². The number of piperidine rings is 1. The summed E-state index contributed by atoms with van der Waals surface area (Å²) in [5, 5.41) is 0. The van der Waals surface area contributed by atoms with Gasteiger partial charge in [0.2, 0.25) is 15.9 Å². The van der Waals surface area contributed by atoms with Crippen LogP contribution < -0.4 is 4.90 Å². The van der Waals surface area contributed by atoms with Gasteiger partial charge >= 0.3 is 0 Å². The number of hydrogen-bond acceptors (Lipinski definition) is 4. The number of nitrogens with zero attached hydrogens (tertiary/aromatic N) is 2. The van der Waals surface area contributed by atoms with Crippen molar-refractivity contribution in [2.45, 2.75) is 36.5 Å². The van der Waals surface area contributed by atoms with E-state index in [4.69, 9.17) is 0 Å². The van der Waals surface area contributed by atoms with E-state index in [9.17, 15) is 13.2 Å². The standard InChI is InChI=1S/C22H26N2O3S2/c1-16-7-8-21(17(2)15-16)29(26,27)23-11-9-18(10-12-23)22(25)24-13-14-28-20-6-4-3-5-19(20)24/h3-8,15,18H,9-14H2,1-2H3. The second kappa shape index (κ2) is 8.13. The fourth-order valence-electron chi connectivity index (χ4n) is 4.19. The molecule has 2 aliphatic heterocycles. The molecular formula is C22H26N2O3S2. The number of hydrogen-bond donors (Lipinski definition) is 0. The average molecular weight is 431 g/mol. The molecule has 0 aliphatic carbocycles. The summed E-state index contributed by atoms with van der Waals surface area (Å²) in [6.07, 6.45) is 1.13. The number of carbonyl (C=O) groups excluding carboxylic acids is 1. The Hall–Kier alpha value is -1.83. The molecule has 154 valence electrons. The minimum Gasteiger partial charge on any atom is -0.310 e. The van der Waals surface area contributed by atoms with Gasteiger partial charge in [-0.1, -0.05) is 29.8 Å². The first-order valence-corrected chi connectivity index (χ1v) is 12.4. The summed E-state index contributed by atoms with van der Waals surface area (Å²) < 4.78 is 27.7. The van der Waals surface area contributed by atoms with E-state index in [-0.39, 0.29) is 11.8 Å². The molecule has 0 radical (unpaired) electrons. The Morgan fingerprint density at radius 3 is 2.48 bits per heavy atom. The van der Waals surface area contributed by atoms with Gasteiger partial charge in [0, 0.05) is 36.2 Å². The van der Waals surface area contributed by atoms with Crippen LogP contribution in [0, 0.1) is 19.8 Å². The Morgan fingerprint density at radius 1 is 1.03 bits per heavy atom. The van der Waals surface area contributed by atoms with Gasteiger partial charge in [-0.3, -0.25) is 4.79 Å². The third kappa shape index (κ3) is 3.96. The Labute approximate surface area is 177 Å². The maximum absolute atomic E-state index is 13.2. The molecule has 2 aliphatic rings. The van der Waals surface area contributed by atoms with Crippen LogP contribution in [-0.4, -0.2) is 44.0 Å². The Balaban J connectivity index is 1.46. The Morgan fingerprint density at radius 2 is 1.76 bits per heavy atom. The van der Waals surface area contributed by atoms with Crippen molar-refractivity contribution in [3.8, 4) is 0 Å². The second-order valence-electron chi connectivity index (χ2n) is 7.75. The van der Waals surface area contributed by atoms with E-state index in [0.717, 1.165) is 27.5 Å². The van der Waals surface area contributed by atoms with Crippen LogP contribution in [0.15, 0.2) is 52.3 Å². The molecule has 4 rings (SSSR count). The van der Waals surface area contributed by atoms with E-state index >= 15 is 0 Å². The van der Waals surface area contributed by atoms with E-state index in [0.29, 0.717) is 37.4 Å². The molecule has 1 saturated heterocycles. The summed E-state index contributed by atoms with van der Waals surface area (Å²) in [7, 11) is -3.53. The third-order valence-corrected chi connectivity index (χ3v) is 8.85. The number of amides is 1. The molecule has 2 aromatic carbocycles. The van der Waals surface area contributed by atoms with Gasteiger partial charge in [-0.25, -0.2) is 8.42 Å². The predicted molar refractivity (Wildman–Crippen MR) is 117 cm³/mol. The van der Waals surface area contributed by atoms with Gasteiger partial charge in [0.15, 0.2) is 0 Å². The molecule has 0 N–H and O–H groups in total. The van der Waals surface area contributed by atoms with E-state index < -0.39 is 10.0 Å². The van der Waals surface area contributed by atoms with Crippen molar-refractivity contribution in [3.05, 3.63) is 53.6 Å². The fourth-order valence-corrected chi connectivity index (χ4v) is 6.86. The Kier molecular flexibility index (Phi) is 5.73. The highest BCUT2D eigenvalue weighted by Crippen LogP contribution is 2.36. The quantitative estimate of drug-likeness (QED) is 0.742. The highest BCUT2D eigenvalue weighted by atomic mass is 32.2. The number of rotatable bonds is 3. The molecular weight excluding hydrogens is 404 g/mol. The zero-order valence-corrected chi connectivity index (χ0v) is 18.4. The van der Waals surface area contributed by atoms with Crippen LogP contribution in [0.2, 0.25) is 0 Å². The average Bonchev–Trinajstić information content (AvgIpc) is 2.72. The highest BCUT2D eigenvalue weighted by Gasteiger charge is 2.35. The van der Waals surface area contributed by atoms with Gasteiger partial charge in [0.25, 0.3) is 0 Å². The largest absolute Gasteiger partial charge is 0.310 e. The van der Waals surface area contributed by atoms with Crippen molar-refractivity contribution in [1.82, 2.24) is 4.31 Å². The summed E-state index contributed by atoms with van der Waals surface area (Å²) >= 11 is 1.78. The third-order valence-electron chi connectivity index (χ3n) is 5.75. The summed E-state index contributed by atoms with van der Waals surface area (Å²) in [6, 6.07) is 13.4. The lowest BCUT2D eigenvalue weighted by atomic mass is 9.96. The van der Waals surface area contributed by atoms with Crippen molar-refractivity contribution < 1.29 is 13.2 Å². The minimum absolute atomic E-state index is 0.126. The lowest BCUT2D eigenvalue weighted by Crippen LogP contribution is -2.45. The molecule has 7 heteroatoms. The second-order valence-corrected chi connectivity index (χ2v) is 10.8. The zero-order valence-electron chi connectivity index (χ0n) is 16.8. The number of thioether (sulfide) groups is 1. The molecule has 2 heterocycles. The number of fused-ring (bicyclic) bond motifs is 1. The normalized spacial score (nSPS) is 18.5. The maximum Gasteiger partial charge on any atom is 0.243 e. The number of anilines is 1. The number of para-hydroxylation sites is 1. The summed E-state index contributed by atoms with van der Waals surface area (Å²) in [5.74, 6) is 0.890. The molecule has 5 nitrogen and oxygen atoms in total. The van der Waals surface area contributed by atoms with Gasteiger partial charge < -0.3 is 4.90 Å². The number of sulfonamides is 1. The molecule has 0 saturated carbocycles. The summed E-state index contributed by atoms with van der Waals surface area (Å²) in [5.41, 5.74) is 2.80. The molecule has 0 bridgehead atoms. The van der Waals surface area contributed by atoms with Crippen LogP contribution in [0.1, 0.15) is 24.0 Å². The van der Waals surface area contributed by atoms with E-state index in [2.05, 4.69) is 6.07 Å². The smallest absolute Gasteiger partial charge is 0.243 e. The SMILES string of the molecule is Cc1ccc(S(=O)(=O)N2CCC(C(=O)N3CCSc4ccccc43)CC2)c(C)c1. The highest BCUT2D eigenvalue weighted by molar-refractivity contribution is 7.99. The van der Waals surface area contributed by atoms with E-state index in [1.165, 1.54) is 4.31 Å². The molecule has 1 fully saturated rings. The van der Waals surface area contributed by atoms with Gasteiger partial charge in [-0.05, 0) is 50.5 Å². The fraction of sp³-hybridized carbons (Fsp3) is 0.409. The number of carbonyl (C=O) groups is 1. The number of benzene rings is 2. The maximum atomic E-state index is 13.2. The van der Waals surface area contributed by atoms with Crippen molar-refractivity contribution in [3.63, 3.8) is 0 Å². The van der Waals surface area contributed by atoms with Crippen LogP contribution in [-0.2, 0) is 14.8 Å². The lowest BCUT2D eigenvalue weighted by Gasteiger charge is -2.35. The minimum atomic E-state index is -3.53. The molecule has 0 unspecified atom stereocenters. The van der Waals surface area contributed by atoms with E-state index in [1.807, 2.05) is 49.1 Å². The van der Waals surface area contributed by atoms with Crippen LogP contribution in [0.5, 0.6) is 0 Å². The monoisotopic (exact) mass is 430 g/mol. The first kappa shape index (κ1) is 20.4. The van der Waals surface area contributed by atoms with Gasteiger partial charge in [0.05, 0.1) is 10.6 Å². The van der Waals surface area contributed by atoms with Gasteiger partial charge in [-0.2, -0.15) is 4.31 Å². The van der Waals surface area contributed by atoms with Crippen LogP contribution in [0.4, 0.5) is 5.69 Å². The van der Waals surface area contributed by atoms with Crippen molar-refractivity contribution in [2.24, 2.45) is 5.92 Å². The van der Waals surface area contributed by atoms with Gasteiger partial charge in [0.1, 0.15) is 0 Å². The zero-order chi connectivity index (χ0) is 20.6. The Bertz CT molecular complexity index is 1030. The van der Waals surface area contributed by atoms with Crippen molar-refractivity contribution >= 4 is 33.4 Å². The number of aryl methyl sites for hydroxylation is 2. The molecule has 29 heavy (non-hydrogen) atoms. The lowest BCUT2D eigenvalue weighted by molar-refractivity contribution is -0.123. The van der Waals surface area contributed by atoms with Crippen LogP contribution >= 0.6 is 11.8 Å². The van der Waals surface area contributed by atoms with E-state index in [1.54, 1.807) is 17.8 Å². The van der Waals surface area contributed by atoms with Crippen LogP contribution in [0.25, 0.3) is 0 Å². The molecule has 0 atom stereocenters. The molecule has 0 spiro atoms. The van der Waals surface area contributed by atoms with Crippen molar-refractivity contribution in [1.29, 1.82) is 0 Å². The molecule has 2 aromatic rings. The molecule has 0 aromatic heterocycles. The van der Waals surface area contributed by atoms with Crippen molar-refractivity contribution in [2.75, 3.05) is 30.3 Å². The summed E-state index contributed by atoms with van der Waals surface area (Å²) in [4.78, 5) is 16.6. The summed E-state index contributed by atoms with van der Waals surface area (Å²) in [6.45, 7) is 5.27. The predicted octanol–water partition coefficient (Wildman–Crippen LogP) is 3.84. The first-order valence-electron chi connectivity index (χ1n) is 9.98. The topological polar surface area (TPSA) is 57.7 Å². The molecule has 1 amide bonds. The van der Waals surface area contributed by atoms with Crippen LogP contribution in [0.3, 0.4) is 0 Å².